The summed E-state index contributed by atoms with van der Waals surface area (Å²) in [6.45, 7) is 2.61. The van der Waals surface area contributed by atoms with Crippen LogP contribution in [0.1, 0.15) is 17.5 Å². The Morgan fingerprint density at radius 3 is 2.95 bits per heavy atom. The molecule has 2 N–H and O–H groups in total. The van der Waals surface area contributed by atoms with Gasteiger partial charge in [0.15, 0.2) is 0 Å². The van der Waals surface area contributed by atoms with Crippen LogP contribution in [-0.2, 0) is 13.0 Å². The smallest absolute Gasteiger partial charge is 0.146 e. The standard InChI is InChI=1S/C16H23N3O2/c1-18(2)8-9-19-14-5-4-11(21-3)10-13(14)12-6-7-17-16(20)15(12)19/h4-5,10,16-17,20H,6-9H2,1-3H3. The van der Waals surface area contributed by atoms with Crippen LogP contribution in [0.4, 0.5) is 0 Å². The van der Waals surface area contributed by atoms with E-state index in [-0.39, 0.29) is 0 Å². The minimum absolute atomic E-state index is 0.589. The molecule has 1 atom stereocenters. The van der Waals surface area contributed by atoms with Gasteiger partial charge in [0.1, 0.15) is 12.0 Å². The molecule has 114 valence electrons. The van der Waals surface area contributed by atoms with Gasteiger partial charge in [-0.1, -0.05) is 0 Å². The summed E-state index contributed by atoms with van der Waals surface area (Å²) in [5, 5.41) is 14.7. The summed E-state index contributed by atoms with van der Waals surface area (Å²) in [5.41, 5.74) is 3.42. The number of hydrogen-bond donors (Lipinski definition) is 2. The molecule has 2 heterocycles. The molecule has 5 nitrogen and oxygen atoms in total. The summed E-state index contributed by atoms with van der Waals surface area (Å²) in [4.78, 5) is 2.16. The molecular weight excluding hydrogens is 266 g/mol. The third-order valence-electron chi connectivity index (χ3n) is 4.16. The van der Waals surface area contributed by atoms with E-state index in [4.69, 9.17) is 4.74 Å². The molecule has 0 saturated carbocycles. The van der Waals surface area contributed by atoms with E-state index in [1.54, 1.807) is 7.11 Å². The Labute approximate surface area is 125 Å². The lowest BCUT2D eigenvalue weighted by Crippen LogP contribution is -2.32. The first-order chi connectivity index (χ1) is 10.1. The fraction of sp³-hybridized carbons (Fsp3) is 0.500. The van der Waals surface area contributed by atoms with Crippen LogP contribution in [0, 0.1) is 0 Å². The largest absolute Gasteiger partial charge is 0.497 e. The van der Waals surface area contributed by atoms with Gasteiger partial charge in [0.25, 0.3) is 0 Å². The van der Waals surface area contributed by atoms with Crippen LogP contribution < -0.4 is 10.1 Å². The molecule has 1 aliphatic rings. The van der Waals surface area contributed by atoms with Crippen molar-refractivity contribution in [2.75, 3.05) is 34.3 Å². The van der Waals surface area contributed by atoms with Gasteiger partial charge in [-0.15, -0.1) is 0 Å². The van der Waals surface area contributed by atoms with Gasteiger partial charge in [0, 0.05) is 30.5 Å². The highest BCUT2D eigenvalue weighted by Crippen LogP contribution is 2.34. The van der Waals surface area contributed by atoms with Crippen molar-refractivity contribution in [1.82, 2.24) is 14.8 Å². The van der Waals surface area contributed by atoms with Crippen LogP contribution in [0.3, 0.4) is 0 Å². The zero-order valence-electron chi connectivity index (χ0n) is 12.9. The molecule has 5 heteroatoms. The van der Waals surface area contributed by atoms with Gasteiger partial charge in [0.2, 0.25) is 0 Å². The zero-order chi connectivity index (χ0) is 15.0. The highest BCUT2D eigenvalue weighted by molar-refractivity contribution is 5.87. The van der Waals surface area contributed by atoms with E-state index in [0.29, 0.717) is 0 Å². The summed E-state index contributed by atoms with van der Waals surface area (Å²) in [6.07, 6.45) is 0.347. The van der Waals surface area contributed by atoms with E-state index < -0.39 is 6.23 Å². The maximum absolute atomic E-state index is 10.4. The molecule has 1 unspecified atom stereocenters. The minimum Gasteiger partial charge on any atom is -0.497 e. The van der Waals surface area contributed by atoms with Gasteiger partial charge in [0.05, 0.1) is 12.8 Å². The van der Waals surface area contributed by atoms with Gasteiger partial charge < -0.3 is 19.3 Å². The third-order valence-corrected chi connectivity index (χ3v) is 4.16. The predicted molar refractivity (Wildman–Crippen MR) is 83.7 cm³/mol. The number of fused-ring (bicyclic) bond motifs is 3. The molecule has 0 spiro atoms. The normalized spacial score (nSPS) is 18.2. The second-order valence-corrected chi connectivity index (χ2v) is 5.81. The molecule has 1 aromatic carbocycles. The number of nitrogens with zero attached hydrogens (tertiary/aromatic N) is 2. The first kappa shape index (κ1) is 14.4. The summed E-state index contributed by atoms with van der Waals surface area (Å²) in [6, 6.07) is 6.16. The fourth-order valence-corrected chi connectivity index (χ4v) is 3.10. The van der Waals surface area contributed by atoms with Crippen molar-refractivity contribution in [1.29, 1.82) is 0 Å². The van der Waals surface area contributed by atoms with Gasteiger partial charge >= 0.3 is 0 Å². The average molecular weight is 289 g/mol. The van der Waals surface area contributed by atoms with Crippen molar-refractivity contribution in [3.8, 4) is 5.75 Å². The van der Waals surface area contributed by atoms with Crippen molar-refractivity contribution < 1.29 is 9.84 Å². The number of aromatic nitrogens is 1. The van der Waals surface area contributed by atoms with Gasteiger partial charge in [-0.2, -0.15) is 0 Å². The van der Waals surface area contributed by atoms with E-state index in [9.17, 15) is 5.11 Å². The van der Waals surface area contributed by atoms with Gasteiger partial charge in [-0.05, 0) is 44.3 Å². The molecule has 2 aromatic rings. The molecule has 0 radical (unpaired) electrons. The van der Waals surface area contributed by atoms with Crippen molar-refractivity contribution in [3.63, 3.8) is 0 Å². The van der Waals surface area contributed by atoms with E-state index in [1.165, 1.54) is 16.5 Å². The van der Waals surface area contributed by atoms with Crippen molar-refractivity contribution >= 4 is 10.9 Å². The summed E-state index contributed by atoms with van der Waals surface area (Å²) < 4.78 is 7.59. The van der Waals surface area contributed by atoms with Gasteiger partial charge in [-0.3, -0.25) is 5.32 Å². The highest BCUT2D eigenvalue weighted by atomic mass is 16.5. The molecule has 0 fully saturated rings. The van der Waals surface area contributed by atoms with Gasteiger partial charge in [-0.25, -0.2) is 0 Å². The minimum atomic E-state index is -0.589. The van der Waals surface area contributed by atoms with Crippen LogP contribution in [0.2, 0.25) is 0 Å². The quantitative estimate of drug-likeness (QED) is 0.892. The molecule has 1 aliphatic heterocycles. The number of benzene rings is 1. The SMILES string of the molecule is COc1ccc2c(c1)c1c(n2CCN(C)C)C(O)NCC1. The van der Waals surface area contributed by atoms with Crippen molar-refractivity contribution in [3.05, 3.63) is 29.5 Å². The topological polar surface area (TPSA) is 49.7 Å². The Morgan fingerprint density at radius 1 is 1.43 bits per heavy atom. The van der Waals surface area contributed by atoms with Crippen molar-refractivity contribution in [2.24, 2.45) is 0 Å². The molecule has 3 rings (SSSR count). The lowest BCUT2D eigenvalue weighted by atomic mass is 10.0. The van der Waals surface area contributed by atoms with E-state index in [0.717, 1.165) is 37.5 Å². The monoisotopic (exact) mass is 289 g/mol. The van der Waals surface area contributed by atoms with Crippen LogP contribution in [0.5, 0.6) is 5.75 Å². The number of aliphatic hydroxyl groups excluding tert-OH is 1. The Bertz CT molecular complexity index is 648. The zero-order valence-corrected chi connectivity index (χ0v) is 12.9. The molecule has 1 aromatic heterocycles. The number of nitrogens with one attached hydrogen (secondary N) is 1. The second kappa shape index (κ2) is 5.67. The maximum Gasteiger partial charge on any atom is 0.146 e. The third kappa shape index (κ3) is 2.52. The Morgan fingerprint density at radius 2 is 2.24 bits per heavy atom. The first-order valence-electron chi connectivity index (χ1n) is 7.37. The van der Waals surface area contributed by atoms with E-state index in [2.05, 4.69) is 41.0 Å². The Balaban J connectivity index is 2.16. The van der Waals surface area contributed by atoms with Crippen LogP contribution >= 0.6 is 0 Å². The van der Waals surface area contributed by atoms with Crippen molar-refractivity contribution in [2.45, 2.75) is 19.2 Å². The van der Waals surface area contributed by atoms with Crippen LogP contribution in [-0.4, -0.2) is 48.9 Å². The summed E-state index contributed by atoms with van der Waals surface area (Å²) >= 11 is 0. The van der Waals surface area contributed by atoms with Crippen LogP contribution in [0.15, 0.2) is 18.2 Å². The number of likely N-dealkylation sites (N-methyl/N-ethyl adjacent to an activating group) is 1. The Kier molecular flexibility index (Phi) is 3.89. The number of rotatable bonds is 4. The highest BCUT2D eigenvalue weighted by Gasteiger charge is 2.26. The molecule has 0 aliphatic carbocycles. The Hall–Kier alpha value is -1.56. The molecule has 0 bridgehead atoms. The lowest BCUT2D eigenvalue weighted by Gasteiger charge is -2.23. The molecule has 0 saturated heterocycles. The molecule has 0 amide bonds. The predicted octanol–water partition coefficient (Wildman–Crippen LogP) is 1.35. The molecular formula is C16H23N3O2. The number of aliphatic hydroxyl groups is 1. The summed E-state index contributed by atoms with van der Waals surface area (Å²) in [5.74, 6) is 0.864. The number of hydrogen-bond acceptors (Lipinski definition) is 4. The maximum atomic E-state index is 10.4. The van der Waals surface area contributed by atoms with E-state index in [1.807, 2.05) is 6.07 Å². The second-order valence-electron chi connectivity index (χ2n) is 5.81. The average Bonchev–Trinajstić information content (AvgIpc) is 2.79. The number of ether oxygens (including phenoxy) is 1. The van der Waals surface area contributed by atoms with E-state index >= 15 is 0 Å². The fourth-order valence-electron chi connectivity index (χ4n) is 3.10. The number of methoxy groups -OCH3 is 1. The summed E-state index contributed by atoms with van der Waals surface area (Å²) in [7, 11) is 5.82. The lowest BCUT2D eigenvalue weighted by molar-refractivity contribution is 0.123. The molecule has 21 heavy (non-hydrogen) atoms. The van der Waals surface area contributed by atoms with Crippen LogP contribution in [0.25, 0.3) is 10.9 Å². The first-order valence-corrected chi connectivity index (χ1v) is 7.37.